The van der Waals surface area contributed by atoms with Crippen LogP contribution in [0.2, 0.25) is 0 Å². The van der Waals surface area contributed by atoms with Crippen LogP contribution in [0.25, 0.3) is 0 Å². The van der Waals surface area contributed by atoms with Crippen molar-refractivity contribution in [3.05, 3.63) is 0 Å². The number of esters is 2. The first kappa shape index (κ1) is 55.7. The molecule has 0 bridgehead atoms. The number of aliphatic hydroxyl groups excluding tert-OH is 3. The van der Waals surface area contributed by atoms with E-state index in [1.807, 2.05) is 44.9 Å². The highest BCUT2D eigenvalue weighted by molar-refractivity contribution is 5.83. The molecule has 5 N–H and O–H groups in total. The van der Waals surface area contributed by atoms with Crippen LogP contribution >= 0.6 is 0 Å². The molecule has 0 aromatic carbocycles. The number of aliphatic hydroxyl groups is 5. The van der Waals surface area contributed by atoms with E-state index in [1.165, 1.54) is 20.8 Å². The smallest absolute Gasteiger partial charge is 0.311 e. The maximum atomic E-state index is 14.6. The minimum Gasteiger partial charge on any atom is -0.459 e. The van der Waals surface area contributed by atoms with Crippen molar-refractivity contribution in [2.45, 2.75) is 230 Å². The van der Waals surface area contributed by atoms with E-state index < -0.39 is 132 Å². The highest BCUT2D eigenvalue weighted by Gasteiger charge is 2.55. The van der Waals surface area contributed by atoms with Crippen molar-refractivity contribution in [3.8, 4) is 0 Å². The summed E-state index contributed by atoms with van der Waals surface area (Å²) in [5, 5.41) is 57.8. The van der Waals surface area contributed by atoms with Crippen LogP contribution in [-0.4, -0.2) is 190 Å². The molecule has 0 radical (unpaired) electrons. The van der Waals surface area contributed by atoms with Gasteiger partial charge in [-0.2, -0.15) is 0 Å². The number of ether oxygens (including phenoxy) is 8. The predicted molar refractivity (Wildman–Crippen MR) is 237 cm³/mol. The Labute approximate surface area is 386 Å². The van der Waals surface area contributed by atoms with Crippen molar-refractivity contribution < 1.29 is 77.8 Å². The summed E-state index contributed by atoms with van der Waals surface area (Å²) in [6.45, 7) is 19.9. The lowest BCUT2D eigenvalue weighted by Crippen LogP contribution is -2.62. The van der Waals surface area contributed by atoms with E-state index in [0.717, 1.165) is 0 Å². The molecule has 4 aliphatic heterocycles. The Morgan fingerprint density at radius 3 is 1.75 bits per heavy atom. The van der Waals surface area contributed by atoms with Gasteiger partial charge in [-0.15, -0.1) is 0 Å². The number of carbonyl (C=O) groups is 3. The number of hydrogen-bond donors (Lipinski definition) is 5. The molecule has 378 valence electrons. The summed E-state index contributed by atoms with van der Waals surface area (Å²) in [4.78, 5) is 45.4. The van der Waals surface area contributed by atoms with Crippen molar-refractivity contribution in [1.82, 2.24) is 9.80 Å². The van der Waals surface area contributed by atoms with Crippen LogP contribution in [0.5, 0.6) is 0 Å². The van der Waals surface area contributed by atoms with Crippen LogP contribution in [-0.2, 0) is 52.3 Å². The van der Waals surface area contributed by atoms with Gasteiger partial charge in [-0.25, -0.2) is 0 Å². The van der Waals surface area contributed by atoms with E-state index in [9.17, 15) is 39.9 Å². The monoisotopic (exact) mass is 933 g/mol. The molecule has 0 spiro atoms. The third kappa shape index (κ3) is 12.7. The summed E-state index contributed by atoms with van der Waals surface area (Å²) in [6.07, 6.45) is -12.7. The van der Waals surface area contributed by atoms with Gasteiger partial charge in [0, 0.05) is 55.5 Å². The highest BCUT2D eigenvalue weighted by Crippen LogP contribution is 2.43. The zero-order valence-electron chi connectivity index (χ0n) is 41.8. The lowest BCUT2D eigenvalue weighted by atomic mass is 9.73. The van der Waals surface area contributed by atoms with Crippen molar-refractivity contribution in [2.75, 3.05) is 28.2 Å². The molecule has 4 saturated heterocycles. The summed E-state index contributed by atoms with van der Waals surface area (Å²) in [7, 11) is 7.41. The standard InChI is InChI=1S/C47H84N2O16/c1-17-32-47(12,57)41(54)24(4)37(51)23(3)21-46(11,65-35-20-31(49(15)16)39(53)28(8)59-35)42(64-34-19-30(48(13)14)38(52)27(7)58-34)25(5)40(26(6)44(55)61-32)63-36-22-45(10,56)43(29(9)60-36)62-33(50)18-2/h23-32,34-36,38-43,52-54,56-57H,17-22H2,1-16H3. The Balaban J connectivity index is 1.95. The van der Waals surface area contributed by atoms with Gasteiger partial charge in [-0.05, 0) is 89.5 Å². The summed E-state index contributed by atoms with van der Waals surface area (Å²) < 4.78 is 51.9. The first-order valence-electron chi connectivity index (χ1n) is 23.7. The third-order valence-electron chi connectivity index (χ3n) is 14.7. The summed E-state index contributed by atoms with van der Waals surface area (Å²) in [5.41, 5.74) is -5.19. The van der Waals surface area contributed by atoms with Crippen LogP contribution in [0, 0.1) is 23.7 Å². The van der Waals surface area contributed by atoms with E-state index in [4.69, 9.17) is 37.9 Å². The molecular formula is C47H84N2O16. The minimum absolute atomic E-state index is 0.0234. The quantitative estimate of drug-likeness (QED) is 0.187. The average Bonchev–Trinajstić information content (AvgIpc) is 3.22. The number of hydrogen-bond acceptors (Lipinski definition) is 18. The van der Waals surface area contributed by atoms with E-state index in [-0.39, 0.29) is 56.4 Å². The molecule has 4 rings (SSSR count). The van der Waals surface area contributed by atoms with Gasteiger partial charge in [0.2, 0.25) is 0 Å². The third-order valence-corrected chi connectivity index (χ3v) is 14.7. The predicted octanol–water partition coefficient (Wildman–Crippen LogP) is 2.54. The van der Waals surface area contributed by atoms with Crippen LogP contribution in [0.4, 0.5) is 0 Å². The van der Waals surface area contributed by atoms with Crippen LogP contribution in [0.15, 0.2) is 0 Å². The Kier molecular flexibility index (Phi) is 19.0. The molecule has 18 nitrogen and oxygen atoms in total. The average molecular weight is 933 g/mol. The van der Waals surface area contributed by atoms with Crippen molar-refractivity contribution in [2.24, 2.45) is 23.7 Å². The molecule has 0 aromatic heterocycles. The van der Waals surface area contributed by atoms with Gasteiger partial charge in [0.15, 0.2) is 25.0 Å². The molecule has 0 aromatic rings. The number of rotatable bonds is 11. The van der Waals surface area contributed by atoms with Gasteiger partial charge in [0.1, 0.15) is 23.1 Å². The van der Waals surface area contributed by atoms with Gasteiger partial charge >= 0.3 is 11.9 Å². The fraction of sp³-hybridized carbons (Fsp3) is 0.936. The first-order valence-corrected chi connectivity index (χ1v) is 23.7. The number of Topliss-reactive ketones (excluding diaryl/α,β-unsaturated/α-hetero) is 1. The molecule has 0 saturated carbocycles. The van der Waals surface area contributed by atoms with Gasteiger partial charge in [0.25, 0.3) is 0 Å². The number of cyclic esters (lactones) is 1. The second-order valence-corrected chi connectivity index (χ2v) is 20.7. The van der Waals surface area contributed by atoms with E-state index >= 15 is 0 Å². The number of likely N-dealkylation sites (N-methyl/N-ethyl adjacent to an activating group) is 2. The van der Waals surface area contributed by atoms with E-state index in [1.54, 1.807) is 55.4 Å². The molecule has 4 fully saturated rings. The lowest BCUT2D eigenvalue weighted by molar-refractivity contribution is -0.334. The first-order chi connectivity index (χ1) is 30.0. The Bertz CT molecular complexity index is 1580. The van der Waals surface area contributed by atoms with Crippen LogP contribution in [0.3, 0.4) is 0 Å². The van der Waals surface area contributed by atoms with Gasteiger partial charge < -0.3 is 73.2 Å². The van der Waals surface area contributed by atoms with E-state index in [2.05, 4.69) is 0 Å². The largest absolute Gasteiger partial charge is 0.459 e. The summed E-state index contributed by atoms with van der Waals surface area (Å²) in [5.74, 6) is -5.64. The van der Waals surface area contributed by atoms with Gasteiger partial charge in [-0.1, -0.05) is 34.6 Å². The number of ketones is 1. The van der Waals surface area contributed by atoms with Crippen LogP contribution < -0.4 is 0 Å². The molecule has 4 heterocycles. The van der Waals surface area contributed by atoms with Crippen LogP contribution in [0.1, 0.15) is 122 Å². The van der Waals surface area contributed by atoms with E-state index in [0.29, 0.717) is 0 Å². The molecule has 4 aliphatic rings. The molecular weight excluding hydrogens is 849 g/mol. The highest BCUT2D eigenvalue weighted by atomic mass is 16.7. The lowest BCUT2D eigenvalue weighted by Gasteiger charge is -2.51. The Morgan fingerprint density at radius 2 is 1.25 bits per heavy atom. The fourth-order valence-electron chi connectivity index (χ4n) is 10.7. The molecule has 0 amide bonds. The molecule has 18 heteroatoms. The molecule has 0 aliphatic carbocycles. The van der Waals surface area contributed by atoms with Crippen molar-refractivity contribution in [1.29, 1.82) is 0 Å². The molecule has 22 atom stereocenters. The number of carbonyl (C=O) groups excluding carboxylic acids is 3. The van der Waals surface area contributed by atoms with Gasteiger partial charge in [0.05, 0.1) is 60.4 Å². The Hall–Kier alpha value is -1.91. The van der Waals surface area contributed by atoms with Gasteiger partial charge in [-0.3, -0.25) is 14.4 Å². The summed E-state index contributed by atoms with van der Waals surface area (Å²) in [6, 6.07) is -0.758. The van der Waals surface area contributed by atoms with Crippen molar-refractivity contribution >= 4 is 17.7 Å². The molecule has 65 heavy (non-hydrogen) atoms. The molecule has 22 unspecified atom stereocenters. The fourth-order valence-corrected chi connectivity index (χ4v) is 10.7. The zero-order valence-corrected chi connectivity index (χ0v) is 41.8. The van der Waals surface area contributed by atoms with Crippen molar-refractivity contribution in [3.63, 3.8) is 0 Å². The summed E-state index contributed by atoms with van der Waals surface area (Å²) >= 11 is 0. The SMILES string of the molecule is CCC(=O)OC1C(C)OC(OC2C(C)C(=O)OC(CC)C(C)(O)C(O)C(C)C(=O)C(C)CC(C)(OC3CC(N(C)C)C(O)C(C)O3)C(OC3CC(N(C)C)C(O)C(C)O3)C2C)CC1(C)O. The maximum absolute atomic E-state index is 14.6. The second kappa shape index (κ2) is 22.2. The number of nitrogens with zero attached hydrogens (tertiary/aromatic N) is 2. The topological polar surface area (TPSA) is 233 Å². The second-order valence-electron chi connectivity index (χ2n) is 20.7. The normalized spacial score (nSPS) is 47.6. The maximum Gasteiger partial charge on any atom is 0.311 e. The zero-order chi connectivity index (χ0) is 49.3. The Morgan fingerprint density at radius 1 is 0.723 bits per heavy atom. The minimum atomic E-state index is -2.06.